The van der Waals surface area contributed by atoms with Crippen LogP contribution in [0.4, 0.5) is 4.39 Å². The summed E-state index contributed by atoms with van der Waals surface area (Å²) in [5, 5.41) is 8.78. The van der Waals surface area contributed by atoms with Crippen LogP contribution in [0.25, 0.3) is 11.1 Å². The molecule has 0 spiro atoms. The Morgan fingerprint density at radius 3 is 2.25 bits per heavy atom. The average molecular weight is 272 g/mol. The fourth-order valence-electron chi connectivity index (χ4n) is 2.11. The van der Waals surface area contributed by atoms with Gasteiger partial charge in [-0.15, -0.1) is 0 Å². The second-order valence-electron chi connectivity index (χ2n) is 5.15. The summed E-state index contributed by atoms with van der Waals surface area (Å²) in [7, 11) is 0. The van der Waals surface area contributed by atoms with Crippen molar-refractivity contribution in [2.45, 2.75) is 26.2 Å². The van der Waals surface area contributed by atoms with Crippen molar-refractivity contribution in [2.24, 2.45) is 0 Å². The smallest absolute Gasteiger partial charge is 0.307 e. The molecule has 0 aromatic heterocycles. The highest BCUT2D eigenvalue weighted by Gasteiger charge is 2.09. The topological polar surface area (TPSA) is 37.3 Å². The fourth-order valence-corrected chi connectivity index (χ4v) is 2.11. The maximum absolute atomic E-state index is 13.6. The molecule has 0 atom stereocenters. The number of carboxylic acid groups (broad SMARTS) is 1. The minimum absolute atomic E-state index is 0.211. The van der Waals surface area contributed by atoms with Gasteiger partial charge in [0.15, 0.2) is 0 Å². The van der Waals surface area contributed by atoms with Crippen molar-refractivity contribution in [1.82, 2.24) is 0 Å². The Morgan fingerprint density at radius 1 is 1.10 bits per heavy atom. The van der Waals surface area contributed by atoms with Crippen molar-refractivity contribution < 1.29 is 14.3 Å². The van der Waals surface area contributed by atoms with Crippen molar-refractivity contribution in [2.75, 3.05) is 0 Å². The van der Waals surface area contributed by atoms with Crippen LogP contribution in [0.5, 0.6) is 0 Å². The summed E-state index contributed by atoms with van der Waals surface area (Å²) in [6, 6.07) is 12.6. The van der Waals surface area contributed by atoms with Crippen molar-refractivity contribution in [1.29, 1.82) is 0 Å². The van der Waals surface area contributed by atoms with Gasteiger partial charge in [-0.3, -0.25) is 4.79 Å². The molecule has 2 nitrogen and oxygen atoms in total. The van der Waals surface area contributed by atoms with Crippen LogP contribution < -0.4 is 0 Å². The Labute approximate surface area is 117 Å². The molecule has 0 radical (unpaired) electrons. The number of hydrogen-bond donors (Lipinski definition) is 1. The van der Waals surface area contributed by atoms with Crippen LogP contribution in [-0.2, 0) is 11.2 Å². The molecule has 0 aliphatic rings. The van der Waals surface area contributed by atoms with Gasteiger partial charge in [-0.25, -0.2) is 4.39 Å². The minimum Gasteiger partial charge on any atom is -0.481 e. The zero-order valence-electron chi connectivity index (χ0n) is 11.6. The van der Waals surface area contributed by atoms with E-state index >= 15 is 0 Å². The van der Waals surface area contributed by atoms with Crippen LogP contribution in [0.2, 0.25) is 0 Å². The summed E-state index contributed by atoms with van der Waals surface area (Å²) in [5.74, 6) is -1.05. The highest BCUT2D eigenvalue weighted by molar-refractivity contribution is 5.72. The first kappa shape index (κ1) is 14.3. The lowest BCUT2D eigenvalue weighted by Gasteiger charge is -2.08. The molecular weight excluding hydrogens is 255 g/mol. The highest BCUT2D eigenvalue weighted by Crippen LogP contribution is 2.24. The van der Waals surface area contributed by atoms with Crippen molar-refractivity contribution in [3.63, 3.8) is 0 Å². The summed E-state index contributed by atoms with van der Waals surface area (Å²) in [6.45, 7) is 4.25. The first-order valence-corrected chi connectivity index (χ1v) is 6.58. The third kappa shape index (κ3) is 3.23. The van der Waals surface area contributed by atoms with Gasteiger partial charge in [0.1, 0.15) is 5.82 Å². The molecule has 0 saturated heterocycles. The maximum Gasteiger partial charge on any atom is 0.307 e. The predicted octanol–water partition coefficient (Wildman–Crippen LogP) is 4.24. The number of rotatable bonds is 4. The standard InChI is InChI=1S/C17H17FO2/c1-11(2)12-3-5-13(6-4-12)14-7-8-16(18)15(9-14)10-17(19)20/h3-9,11H,10H2,1-2H3,(H,19,20). The SMILES string of the molecule is CC(C)c1ccc(-c2ccc(F)c(CC(=O)O)c2)cc1. The fraction of sp³-hybridized carbons (Fsp3) is 0.235. The van der Waals surface area contributed by atoms with Gasteiger partial charge in [-0.1, -0.05) is 44.2 Å². The van der Waals surface area contributed by atoms with Crippen LogP contribution in [0.15, 0.2) is 42.5 Å². The summed E-state index contributed by atoms with van der Waals surface area (Å²) in [4.78, 5) is 10.7. The summed E-state index contributed by atoms with van der Waals surface area (Å²) < 4.78 is 13.6. The number of benzene rings is 2. The number of carboxylic acids is 1. The summed E-state index contributed by atoms with van der Waals surface area (Å²) >= 11 is 0. The number of aliphatic carboxylic acids is 1. The highest BCUT2D eigenvalue weighted by atomic mass is 19.1. The number of halogens is 1. The second kappa shape index (κ2) is 5.87. The van der Waals surface area contributed by atoms with Crippen molar-refractivity contribution in [3.05, 3.63) is 59.4 Å². The van der Waals surface area contributed by atoms with E-state index < -0.39 is 11.8 Å². The van der Waals surface area contributed by atoms with Gasteiger partial charge in [-0.05, 0) is 40.3 Å². The summed E-state index contributed by atoms with van der Waals surface area (Å²) in [6.07, 6.45) is -0.302. The first-order chi connectivity index (χ1) is 9.47. The Kier molecular flexibility index (Phi) is 4.18. The lowest BCUT2D eigenvalue weighted by atomic mass is 9.97. The normalized spacial score (nSPS) is 10.8. The molecule has 0 heterocycles. The van der Waals surface area contributed by atoms with Crippen molar-refractivity contribution in [3.8, 4) is 11.1 Å². The zero-order chi connectivity index (χ0) is 14.7. The van der Waals surface area contributed by atoms with E-state index in [9.17, 15) is 9.18 Å². The third-order valence-electron chi connectivity index (χ3n) is 3.30. The third-order valence-corrected chi connectivity index (χ3v) is 3.30. The number of carbonyl (C=O) groups is 1. The van der Waals surface area contributed by atoms with E-state index in [4.69, 9.17) is 5.11 Å². The van der Waals surface area contributed by atoms with Gasteiger partial charge in [0.25, 0.3) is 0 Å². The van der Waals surface area contributed by atoms with Gasteiger partial charge < -0.3 is 5.11 Å². The van der Waals surface area contributed by atoms with E-state index in [2.05, 4.69) is 13.8 Å². The Bertz CT molecular complexity index is 615. The number of hydrogen-bond acceptors (Lipinski definition) is 1. The van der Waals surface area contributed by atoms with Crippen molar-refractivity contribution >= 4 is 5.97 Å². The maximum atomic E-state index is 13.6. The quantitative estimate of drug-likeness (QED) is 0.903. The van der Waals surface area contributed by atoms with E-state index in [1.165, 1.54) is 11.6 Å². The molecule has 0 amide bonds. The molecule has 104 valence electrons. The van der Waals surface area contributed by atoms with E-state index in [-0.39, 0.29) is 12.0 Å². The molecule has 2 aromatic rings. The molecule has 2 aromatic carbocycles. The molecule has 20 heavy (non-hydrogen) atoms. The molecule has 0 aliphatic carbocycles. The molecular formula is C17H17FO2. The molecule has 0 unspecified atom stereocenters. The van der Waals surface area contributed by atoms with Gasteiger partial charge >= 0.3 is 5.97 Å². The van der Waals surface area contributed by atoms with Gasteiger partial charge in [0.05, 0.1) is 6.42 Å². The largest absolute Gasteiger partial charge is 0.481 e. The minimum atomic E-state index is -1.03. The molecule has 0 fully saturated rings. The van der Waals surface area contributed by atoms with Gasteiger partial charge in [-0.2, -0.15) is 0 Å². The molecule has 1 N–H and O–H groups in total. The Morgan fingerprint density at radius 2 is 1.70 bits per heavy atom. The average Bonchev–Trinajstić information content (AvgIpc) is 2.41. The molecule has 0 saturated carbocycles. The monoisotopic (exact) mass is 272 g/mol. The van der Waals surface area contributed by atoms with Crippen LogP contribution >= 0.6 is 0 Å². The first-order valence-electron chi connectivity index (χ1n) is 6.58. The molecule has 2 rings (SSSR count). The van der Waals surface area contributed by atoms with Crippen LogP contribution in [0, 0.1) is 5.82 Å². The van der Waals surface area contributed by atoms with Gasteiger partial charge in [0.2, 0.25) is 0 Å². The molecule has 3 heteroatoms. The lowest BCUT2D eigenvalue weighted by molar-refractivity contribution is -0.136. The zero-order valence-corrected chi connectivity index (χ0v) is 11.6. The lowest BCUT2D eigenvalue weighted by Crippen LogP contribution is -2.02. The molecule has 0 bridgehead atoms. The Hall–Kier alpha value is -2.16. The van der Waals surface area contributed by atoms with E-state index in [1.54, 1.807) is 12.1 Å². The predicted molar refractivity (Wildman–Crippen MR) is 77.3 cm³/mol. The van der Waals surface area contributed by atoms with E-state index in [0.29, 0.717) is 5.92 Å². The Balaban J connectivity index is 2.35. The molecule has 0 aliphatic heterocycles. The van der Waals surface area contributed by atoms with Crippen LogP contribution in [0.3, 0.4) is 0 Å². The van der Waals surface area contributed by atoms with Crippen LogP contribution in [0.1, 0.15) is 30.9 Å². The van der Waals surface area contributed by atoms with Gasteiger partial charge in [0, 0.05) is 0 Å². The summed E-state index contributed by atoms with van der Waals surface area (Å²) in [5.41, 5.74) is 3.24. The van der Waals surface area contributed by atoms with E-state index in [0.717, 1.165) is 11.1 Å². The second-order valence-corrected chi connectivity index (χ2v) is 5.15. The van der Waals surface area contributed by atoms with Crippen LogP contribution in [-0.4, -0.2) is 11.1 Å². The van der Waals surface area contributed by atoms with E-state index in [1.807, 2.05) is 24.3 Å².